The Labute approximate surface area is 166 Å². The van der Waals surface area contributed by atoms with E-state index in [1.165, 1.54) is 12.1 Å². The third-order valence-corrected chi connectivity index (χ3v) is 5.00. The van der Waals surface area contributed by atoms with Crippen molar-refractivity contribution in [2.75, 3.05) is 26.2 Å². The molecule has 8 heteroatoms. The first-order valence-corrected chi connectivity index (χ1v) is 9.27. The van der Waals surface area contributed by atoms with Crippen LogP contribution >= 0.6 is 11.6 Å². The van der Waals surface area contributed by atoms with Crippen molar-refractivity contribution < 1.29 is 22.7 Å². The molecule has 0 aromatic heterocycles. The van der Waals surface area contributed by atoms with Gasteiger partial charge in [-0.1, -0.05) is 17.7 Å². The molecule has 0 radical (unpaired) electrons. The summed E-state index contributed by atoms with van der Waals surface area (Å²) in [4.78, 5) is 14.3. The first kappa shape index (κ1) is 20.6. The number of nitrogens with one attached hydrogen (secondary N) is 1. The Kier molecular flexibility index (Phi) is 6.59. The van der Waals surface area contributed by atoms with Crippen LogP contribution in [0, 0.1) is 17.5 Å². The van der Waals surface area contributed by atoms with Crippen LogP contribution in [0.4, 0.5) is 13.2 Å². The molecule has 0 unspecified atom stereocenters. The van der Waals surface area contributed by atoms with Crippen molar-refractivity contribution in [1.29, 1.82) is 0 Å². The summed E-state index contributed by atoms with van der Waals surface area (Å²) in [7, 11) is 0. The van der Waals surface area contributed by atoms with Gasteiger partial charge in [0.2, 0.25) is 0 Å². The molecule has 2 atom stereocenters. The molecule has 28 heavy (non-hydrogen) atoms. The normalized spacial score (nSPS) is 18.7. The molecule has 1 saturated heterocycles. The van der Waals surface area contributed by atoms with E-state index in [9.17, 15) is 18.0 Å². The number of morpholine rings is 1. The lowest BCUT2D eigenvalue weighted by atomic mass is 10.0. The molecule has 2 aromatic carbocycles. The van der Waals surface area contributed by atoms with Gasteiger partial charge in [-0.15, -0.1) is 0 Å². The monoisotopic (exact) mass is 412 g/mol. The number of rotatable bonds is 5. The fourth-order valence-corrected chi connectivity index (χ4v) is 3.62. The third kappa shape index (κ3) is 4.66. The summed E-state index contributed by atoms with van der Waals surface area (Å²) in [5.41, 5.74) is -0.160. The van der Waals surface area contributed by atoms with Crippen molar-refractivity contribution in [2.24, 2.45) is 0 Å². The lowest BCUT2D eigenvalue weighted by molar-refractivity contribution is -0.0346. The summed E-state index contributed by atoms with van der Waals surface area (Å²) in [6, 6.07) is 6.44. The summed E-state index contributed by atoms with van der Waals surface area (Å²) in [6.07, 6.45) is -0.0711. The Morgan fingerprint density at radius 1 is 1.29 bits per heavy atom. The highest BCUT2D eigenvalue weighted by Gasteiger charge is 2.30. The van der Waals surface area contributed by atoms with Crippen LogP contribution in [-0.2, 0) is 4.74 Å². The van der Waals surface area contributed by atoms with Gasteiger partial charge in [0.1, 0.15) is 17.5 Å². The van der Waals surface area contributed by atoms with Gasteiger partial charge in [0.15, 0.2) is 0 Å². The molecule has 1 fully saturated rings. The number of ether oxygens (including phenoxy) is 1. The second kappa shape index (κ2) is 8.94. The zero-order valence-corrected chi connectivity index (χ0v) is 16.0. The average molecular weight is 413 g/mol. The number of hydrogen-bond acceptors (Lipinski definition) is 3. The van der Waals surface area contributed by atoms with Crippen molar-refractivity contribution in [3.05, 3.63) is 70.0 Å². The number of carbonyl (C=O) groups is 1. The van der Waals surface area contributed by atoms with Crippen molar-refractivity contribution in [3.8, 4) is 0 Å². The quantitative estimate of drug-likeness (QED) is 0.808. The minimum atomic E-state index is -0.834. The first-order valence-electron chi connectivity index (χ1n) is 8.89. The molecule has 3 rings (SSSR count). The maximum Gasteiger partial charge on any atom is 0.254 e. The highest BCUT2D eigenvalue weighted by atomic mass is 35.5. The van der Waals surface area contributed by atoms with E-state index in [4.69, 9.17) is 16.3 Å². The molecular weight excluding hydrogens is 393 g/mol. The Balaban J connectivity index is 1.85. The van der Waals surface area contributed by atoms with Gasteiger partial charge >= 0.3 is 0 Å². The molecule has 2 aromatic rings. The molecule has 150 valence electrons. The van der Waals surface area contributed by atoms with Crippen LogP contribution < -0.4 is 5.32 Å². The van der Waals surface area contributed by atoms with Crippen LogP contribution in [0.1, 0.15) is 28.9 Å². The second-order valence-corrected chi connectivity index (χ2v) is 7.07. The van der Waals surface area contributed by atoms with Gasteiger partial charge in [-0.25, -0.2) is 13.2 Å². The Morgan fingerprint density at radius 3 is 2.79 bits per heavy atom. The van der Waals surface area contributed by atoms with Crippen LogP contribution in [-0.4, -0.2) is 43.2 Å². The molecule has 0 saturated carbocycles. The molecule has 1 heterocycles. The Morgan fingerprint density at radius 2 is 2.07 bits per heavy atom. The first-order chi connectivity index (χ1) is 13.4. The molecule has 1 amide bonds. The molecule has 0 bridgehead atoms. The fraction of sp³-hybridized carbons (Fsp3) is 0.350. The zero-order valence-electron chi connectivity index (χ0n) is 15.2. The van der Waals surface area contributed by atoms with E-state index in [0.717, 1.165) is 18.2 Å². The molecule has 1 aliphatic rings. The van der Waals surface area contributed by atoms with Crippen LogP contribution in [0.5, 0.6) is 0 Å². The lowest BCUT2D eigenvalue weighted by Crippen LogP contribution is -2.47. The summed E-state index contributed by atoms with van der Waals surface area (Å²) in [5, 5.41) is 2.81. The summed E-state index contributed by atoms with van der Waals surface area (Å²) in [5.74, 6) is -2.83. The molecule has 4 nitrogen and oxygen atoms in total. The predicted octanol–water partition coefficient (Wildman–Crippen LogP) is 3.95. The Bertz CT molecular complexity index is 845. The lowest BCUT2D eigenvalue weighted by Gasteiger charge is -2.38. The van der Waals surface area contributed by atoms with E-state index >= 15 is 0 Å². The number of nitrogens with zero attached hydrogens (tertiary/aromatic N) is 1. The van der Waals surface area contributed by atoms with E-state index in [0.29, 0.717) is 19.7 Å². The minimum absolute atomic E-state index is 0.0256. The van der Waals surface area contributed by atoms with E-state index in [2.05, 4.69) is 5.32 Å². The SMILES string of the molecule is C[C@@H]1CN([C@@H](CNC(=O)c2cc(F)ccc2F)c2c(F)cccc2Cl)CCO1. The second-order valence-electron chi connectivity index (χ2n) is 6.66. The van der Waals surface area contributed by atoms with E-state index in [-0.39, 0.29) is 23.2 Å². The molecule has 0 aliphatic carbocycles. The maximum atomic E-state index is 14.6. The van der Waals surface area contributed by atoms with E-state index in [1.54, 1.807) is 6.07 Å². The number of halogens is 4. The average Bonchev–Trinajstić information content (AvgIpc) is 2.65. The highest BCUT2D eigenvalue weighted by molar-refractivity contribution is 6.31. The zero-order chi connectivity index (χ0) is 20.3. The molecule has 1 aliphatic heterocycles. The Hall–Kier alpha value is -2.09. The van der Waals surface area contributed by atoms with Crippen LogP contribution in [0.3, 0.4) is 0 Å². The van der Waals surface area contributed by atoms with Crippen LogP contribution in [0.15, 0.2) is 36.4 Å². The topological polar surface area (TPSA) is 41.6 Å². The number of hydrogen-bond donors (Lipinski definition) is 1. The van der Waals surface area contributed by atoms with Crippen molar-refractivity contribution in [1.82, 2.24) is 10.2 Å². The number of benzene rings is 2. The van der Waals surface area contributed by atoms with E-state index < -0.39 is 35.0 Å². The van der Waals surface area contributed by atoms with Gasteiger partial charge in [0.05, 0.1) is 24.3 Å². The van der Waals surface area contributed by atoms with Gasteiger partial charge in [-0.3, -0.25) is 9.69 Å². The smallest absolute Gasteiger partial charge is 0.254 e. The van der Waals surface area contributed by atoms with Gasteiger partial charge in [-0.2, -0.15) is 0 Å². The number of carbonyl (C=O) groups excluding carboxylic acids is 1. The van der Waals surface area contributed by atoms with Crippen molar-refractivity contribution in [2.45, 2.75) is 19.1 Å². The van der Waals surface area contributed by atoms with Gasteiger partial charge in [0.25, 0.3) is 5.91 Å². The predicted molar refractivity (Wildman–Crippen MR) is 99.8 cm³/mol. The van der Waals surface area contributed by atoms with Crippen LogP contribution in [0.25, 0.3) is 0 Å². The number of amides is 1. The largest absolute Gasteiger partial charge is 0.376 e. The minimum Gasteiger partial charge on any atom is -0.376 e. The summed E-state index contributed by atoms with van der Waals surface area (Å²) in [6.45, 7) is 3.36. The molecule has 1 N–H and O–H groups in total. The van der Waals surface area contributed by atoms with Crippen molar-refractivity contribution >= 4 is 17.5 Å². The summed E-state index contributed by atoms with van der Waals surface area (Å²) >= 11 is 6.24. The molecule has 0 spiro atoms. The maximum absolute atomic E-state index is 14.6. The van der Waals surface area contributed by atoms with Crippen molar-refractivity contribution in [3.63, 3.8) is 0 Å². The highest BCUT2D eigenvalue weighted by Crippen LogP contribution is 2.31. The van der Waals surface area contributed by atoms with Gasteiger partial charge in [-0.05, 0) is 37.3 Å². The van der Waals surface area contributed by atoms with Crippen LogP contribution in [0.2, 0.25) is 5.02 Å². The van der Waals surface area contributed by atoms with Gasteiger partial charge in [0, 0.05) is 30.2 Å². The summed E-state index contributed by atoms with van der Waals surface area (Å²) < 4.78 is 47.3. The molecular formula is C20H20ClF3N2O2. The third-order valence-electron chi connectivity index (χ3n) is 4.68. The standard InChI is InChI=1S/C20H20ClF3N2O2/c1-12-11-26(7-8-28-12)18(19-15(21)3-2-4-17(19)24)10-25-20(27)14-9-13(22)5-6-16(14)23/h2-6,9,12,18H,7-8,10-11H2,1H3,(H,25,27)/t12-,18+/m1/s1. The van der Waals surface area contributed by atoms with E-state index in [1.807, 2.05) is 11.8 Å². The van der Waals surface area contributed by atoms with Gasteiger partial charge < -0.3 is 10.1 Å². The fourth-order valence-electron chi connectivity index (χ4n) is 3.33.